The number of carbonyl (C=O) groups excluding carboxylic acids is 3. The van der Waals surface area contributed by atoms with Crippen LogP contribution in [0.15, 0.2) is 57.7 Å². The molecule has 1 atom stereocenters. The van der Waals surface area contributed by atoms with Gasteiger partial charge in [-0.3, -0.25) is 14.5 Å². The molecule has 0 unspecified atom stereocenters. The maximum Gasteiger partial charge on any atom is 0.336 e. The molecule has 0 saturated carbocycles. The van der Waals surface area contributed by atoms with Gasteiger partial charge in [0, 0.05) is 17.5 Å². The standard InChI is InChI=1S/C24H21NO6/c1-13(2)10-19(25-22(27)17-6-4-5-7-18(17)23(25)28)24(29)30-15-8-9-16-14(3)11-21(26)31-20(16)12-15/h4-9,11-13,19H,10H2,1-3H3/t19-/m1/s1. The SMILES string of the molecule is Cc1cc(=O)oc2cc(OC(=O)[C@@H](CC(C)C)N3C(=O)c4ccccc4C3=O)ccc12. The lowest BCUT2D eigenvalue weighted by Crippen LogP contribution is -2.47. The number of hydrogen-bond donors (Lipinski definition) is 0. The summed E-state index contributed by atoms with van der Waals surface area (Å²) in [5.41, 5.74) is 1.08. The van der Waals surface area contributed by atoms with Crippen LogP contribution in [0.1, 0.15) is 46.5 Å². The zero-order valence-corrected chi connectivity index (χ0v) is 17.4. The molecule has 0 aliphatic carbocycles. The van der Waals surface area contributed by atoms with Crippen LogP contribution in [-0.4, -0.2) is 28.7 Å². The predicted octanol–water partition coefficient (Wildman–Crippen LogP) is 3.72. The molecule has 0 saturated heterocycles. The molecule has 7 heteroatoms. The molecule has 0 spiro atoms. The maximum atomic E-state index is 13.1. The van der Waals surface area contributed by atoms with Crippen LogP contribution < -0.4 is 10.4 Å². The Morgan fingerprint density at radius 2 is 1.65 bits per heavy atom. The van der Waals surface area contributed by atoms with Gasteiger partial charge in [0.05, 0.1) is 11.1 Å². The Hall–Kier alpha value is -3.74. The van der Waals surface area contributed by atoms with Crippen LogP contribution in [0.3, 0.4) is 0 Å². The van der Waals surface area contributed by atoms with E-state index in [1.807, 2.05) is 13.8 Å². The highest BCUT2D eigenvalue weighted by molar-refractivity contribution is 6.22. The van der Waals surface area contributed by atoms with Gasteiger partial charge in [0.15, 0.2) is 0 Å². The minimum atomic E-state index is -1.08. The first kappa shape index (κ1) is 20.5. The molecule has 0 N–H and O–H groups in total. The third kappa shape index (κ3) is 3.74. The van der Waals surface area contributed by atoms with Crippen molar-refractivity contribution in [2.45, 2.75) is 33.2 Å². The second kappa shape index (κ2) is 7.83. The van der Waals surface area contributed by atoms with E-state index >= 15 is 0 Å². The quantitative estimate of drug-likeness (QED) is 0.271. The summed E-state index contributed by atoms with van der Waals surface area (Å²) in [6.45, 7) is 5.57. The number of amides is 2. The van der Waals surface area contributed by atoms with Crippen molar-refractivity contribution in [3.8, 4) is 5.75 Å². The molecule has 31 heavy (non-hydrogen) atoms. The number of carbonyl (C=O) groups is 3. The number of nitrogens with zero attached hydrogens (tertiary/aromatic N) is 1. The van der Waals surface area contributed by atoms with Crippen molar-refractivity contribution in [1.29, 1.82) is 0 Å². The van der Waals surface area contributed by atoms with Gasteiger partial charge in [-0.1, -0.05) is 26.0 Å². The summed E-state index contributed by atoms with van der Waals surface area (Å²) in [6.07, 6.45) is 0.256. The van der Waals surface area contributed by atoms with E-state index in [2.05, 4.69) is 0 Å². The van der Waals surface area contributed by atoms with Crippen LogP contribution in [0.2, 0.25) is 0 Å². The number of fused-ring (bicyclic) bond motifs is 2. The van der Waals surface area contributed by atoms with Gasteiger partial charge in [0.25, 0.3) is 11.8 Å². The number of hydrogen-bond acceptors (Lipinski definition) is 6. The Morgan fingerprint density at radius 1 is 1.00 bits per heavy atom. The van der Waals surface area contributed by atoms with Crippen molar-refractivity contribution in [3.63, 3.8) is 0 Å². The fraction of sp³-hybridized carbons (Fsp3) is 0.250. The van der Waals surface area contributed by atoms with Crippen LogP contribution in [0.5, 0.6) is 5.75 Å². The molecule has 1 aliphatic heterocycles. The van der Waals surface area contributed by atoms with Crippen molar-refractivity contribution in [1.82, 2.24) is 4.90 Å². The minimum absolute atomic E-state index is 0.0270. The van der Waals surface area contributed by atoms with Gasteiger partial charge in [-0.2, -0.15) is 0 Å². The summed E-state index contributed by atoms with van der Waals surface area (Å²) in [4.78, 5) is 51.5. The lowest BCUT2D eigenvalue weighted by molar-refractivity contribution is -0.139. The molecule has 0 radical (unpaired) electrons. The van der Waals surface area contributed by atoms with Gasteiger partial charge in [0.2, 0.25) is 0 Å². The fourth-order valence-corrected chi connectivity index (χ4v) is 3.80. The second-order valence-electron chi connectivity index (χ2n) is 8.00. The normalized spacial score (nSPS) is 14.3. The van der Waals surface area contributed by atoms with E-state index in [1.54, 1.807) is 43.3 Å². The first-order valence-electron chi connectivity index (χ1n) is 9.99. The molecule has 2 heterocycles. The molecule has 1 aromatic heterocycles. The predicted molar refractivity (Wildman–Crippen MR) is 113 cm³/mol. The van der Waals surface area contributed by atoms with E-state index in [9.17, 15) is 19.2 Å². The average Bonchev–Trinajstić information content (AvgIpc) is 2.96. The molecule has 158 valence electrons. The number of aryl methyl sites for hydroxylation is 1. The zero-order valence-electron chi connectivity index (χ0n) is 17.4. The van der Waals surface area contributed by atoms with Crippen molar-refractivity contribution in [2.24, 2.45) is 5.92 Å². The van der Waals surface area contributed by atoms with Crippen LogP contribution in [0.25, 0.3) is 11.0 Å². The van der Waals surface area contributed by atoms with Gasteiger partial charge in [-0.15, -0.1) is 0 Å². The Labute approximate surface area is 178 Å². The Kier molecular flexibility index (Phi) is 5.19. The summed E-state index contributed by atoms with van der Waals surface area (Å²) in [5, 5.41) is 0.721. The Bertz CT molecular complexity index is 1240. The molecular formula is C24H21NO6. The molecule has 0 bridgehead atoms. The lowest BCUT2D eigenvalue weighted by Gasteiger charge is -2.25. The van der Waals surface area contributed by atoms with E-state index in [-0.39, 0.29) is 34.8 Å². The third-order valence-electron chi connectivity index (χ3n) is 5.25. The van der Waals surface area contributed by atoms with Crippen molar-refractivity contribution < 1.29 is 23.5 Å². The number of benzene rings is 2. The summed E-state index contributed by atoms with van der Waals surface area (Å²) < 4.78 is 10.7. The fourth-order valence-electron chi connectivity index (χ4n) is 3.80. The van der Waals surface area contributed by atoms with Gasteiger partial charge in [-0.25, -0.2) is 9.59 Å². The van der Waals surface area contributed by atoms with Crippen LogP contribution in [0, 0.1) is 12.8 Å². The number of imide groups is 1. The number of ether oxygens (including phenoxy) is 1. The Morgan fingerprint density at radius 3 is 2.26 bits per heavy atom. The molecule has 2 amide bonds. The molecular weight excluding hydrogens is 398 g/mol. The number of rotatable bonds is 5. The minimum Gasteiger partial charge on any atom is -0.425 e. The van der Waals surface area contributed by atoms with Crippen LogP contribution in [-0.2, 0) is 4.79 Å². The first-order chi connectivity index (χ1) is 14.8. The van der Waals surface area contributed by atoms with E-state index < -0.39 is 29.5 Å². The highest BCUT2D eigenvalue weighted by atomic mass is 16.5. The maximum absolute atomic E-state index is 13.1. The topological polar surface area (TPSA) is 93.9 Å². The summed E-state index contributed by atoms with van der Waals surface area (Å²) in [7, 11) is 0. The summed E-state index contributed by atoms with van der Waals surface area (Å²) in [5.74, 6) is -1.56. The Balaban J connectivity index is 1.66. The van der Waals surface area contributed by atoms with Crippen molar-refractivity contribution >= 4 is 28.8 Å². The zero-order chi connectivity index (χ0) is 22.3. The molecule has 1 aliphatic rings. The molecule has 2 aromatic carbocycles. The summed E-state index contributed by atoms with van der Waals surface area (Å²) >= 11 is 0. The van der Waals surface area contributed by atoms with Gasteiger partial charge in [-0.05, 0) is 49.1 Å². The molecule has 4 rings (SSSR count). The number of esters is 1. The molecule has 3 aromatic rings. The van der Waals surface area contributed by atoms with Gasteiger partial charge < -0.3 is 9.15 Å². The van der Waals surface area contributed by atoms with E-state index in [4.69, 9.17) is 9.15 Å². The van der Waals surface area contributed by atoms with E-state index in [1.165, 1.54) is 12.1 Å². The first-order valence-corrected chi connectivity index (χ1v) is 9.99. The highest BCUT2D eigenvalue weighted by Gasteiger charge is 2.43. The largest absolute Gasteiger partial charge is 0.425 e. The monoisotopic (exact) mass is 419 g/mol. The highest BCUT2D eigenvalue weighted by Crippen LogP contribution is 2.29. The molecule has 7 nitrogen and oxygen atoms in total. The smallest absolute Gasteiger partial charge is 0.336 e. The van der Waals surface area contributed by atoms with Gasteiger partial charge >= 0.3 is 11.6 Å². The lowest BCUT2D eigenvalue weighted by atomic mass is 10.0. The second-order valence-corrected chi connectivity index (χ2v) is 8.00. The molecule has 0 fully saturated rings. The van der Waals surface area contributed by atoms with Crippen molar-refractivity contribution in [3.05, 3.63) is 75.6 Å². The summed E-state index contributed by atoms with van der Waals surface area (Å²) in [6, 6.07) is 11.5. The van der Waals surface area contributed by atoms with E-state index in [0.717, 1.165) is 15.8 Å². The van der Waals surface area contributed by atoms with Crippen molar-refractivity contribution in [2.75, 3.05) is 0 Å². The van der Waals surface area contributed by atoms with E-state index in [0.29, 0.717) is 0 Å². The average molecular weight is 419 g/mol. The van der Waals surface area contributed by atoms with Crippen LogP contribution >= 0.6 is 0 Å². The van der Waals surface area contributed by atoms with Gasteiger partial charge in [0.1, 0.15) is 17.4 Å². The van der Waals surface area contributed by atoms with Crippen LogP contribution in [0.4, 0.5) is 0 Å². The third-order valence-corrected chi connectivity index (χ3v) is 5.25.